The van der Waals surface area contributed by atoms with E-state index in [1.54, 1.807) is 0 Å². The lowest BCUT2D eigenvalue weighted by atomic mass is 10.0. The highest BCUT2D eigenvalue weighted by Gasteiger charge is 2.26. The zero-order valence-corrected chi connectivity index (χ0v) is 11.2. The molecule has 1 heterocycles. The molecular formula is C13H28N2. The van der Waals surface area contributed by atoms with Crippen molar-refractivity contribution in [3.05, 3.63) is 0 Å². The molecule has 0 aliphatic carbocycles. The summed E-state index contributed by atoms with van der Waals surface area (Å²) in [6, 6.07) is 1.45. The van der Waals surface area contributed by atoms with E-state index in [0.29, 0.717) is 6.04 Å². The Morgan fingerprint density at radius 3 is 2.27 bits per heavy atom. The first-order valence-electron chi connectivity index (χ1n) is 6.54. The van der Waals surface area contributed by atoms with E-state index in [0.717, 1.165) is 12.0 Å². The van der Waals surface area contributed by atoms with Crippen molar-refractivity contribution in [3.8, 4) is 0 Å². The lowest BCUT2D eigenvalue weighted by Crippen LogP contribution is -2.45. The van der Waals surface area contributed by atoms with Crippen LogP contribution in [0.4, 0.5) is 0 Å². The Balaban J connectivity index is 2.67. The number of hydrogen-bond donors (Lipinski definition) is 0. The van der Waals surface area contributed by atoms with Gasteiger partial charge in [-0.3, -0.25) is 9.80 Å². The van der Waals surface area contributed by atoms with Gasteiger partial charge in [-0.1, -0.05) is 20.8 Å². The van der Waals surface area contributed by atoms with Crippen molar-refractivity contribution in [2.75, 3.05) is 26.2 Å². The summed E-state index contributed by atoms with van der Waals surface area (Å²) in [6.07, 6.45) is 1.33. The minimum absolute atomic E-state index is 0.697. The molecule has 0 bridgehead atoms. The molecule has 0 aromatic carbocycles. The van der Waals surface area contributed by atoms with Crippen molar-refractivity contribution in [3.63, 3.8) is 0 Å². The number of likely N-dealkylation sites (N-methyl/N-ethyl adjacent to an activating group) is 1. The smallest absolute Gasteiger partial charge is 0.0246 e. The maximum atomic E-state index is 2.66. The maximum absolute atomic E-state index is 2.66. The predicted molar refractivity (Wildman–Crippen MR) is 67.2 cm³/mol. The molecule has 1 saturated heterocycles. The second-order valence-electron chi connectivity index (χ2n) is 5.38. The molecule has 1 atom stereocenters. The van der Waals surface area contributed by atoms with Crippen LogP contribution in [-0.2, 0) is 0 Å². The summed E-state index contributed by atoms with van der Waals surface area (Å²) < 4.78 is 0. The van der Waals surface area contributed by atoms with Gasteiger partial charge in [-0.15, -0.1) is 0 Å². The van der Waals surface area contributed by atoms with Gasteiger partial charge in [-0.05, 0) is 45.8 Å². The first-order chi connectivity index (χ1) is 7.06. The molecule has 2 nitrogen and oxygen atoms in total. The van der Waals surface area contributed by atoms with Gasteiger partial charge in [0.15, 0.2) is 0 Å². The van der Waals surface area contributed by atoms with Gasteiger partial charge in [0.1, 0.15) is 0 Å². The lowest BCUT2D eigenvalue weighted by Gasteiger charge is -2.35. The van der Waals surface area contributed by atoms with Gasteiger partial charge in [0, 0.05) is 18.6 Å². The second kappa shape index (κ2) is 5.86. The fourth-order valence-electron chi connectivity index (χ4n) is 2.58. The number of hydrogen-bond acceptors (Lipinski definition) is 2. The van der Waals surface area contributed by atoms with E-state index in [2.05, 4.69) is 44.4 Å². The van der Waals surface area contributed by atoms with Crippen molar-refractivity contribution in [1.29, 1.82) is 0 Å². The third-order valence-electron chi connectivity index (χ3n) is 3.69. The minimum atomic E-state index is 0.697. The van der Waals surface area contributed by atoms with Crippen molar-refractivity contribution in [2.45, 2.75) is 53.1 Å². The molecule has 0 radical (unpaired) electrons. The van der Waals surface area contributed by atoms with Crippen molar-refractivity contribution >= 4 is 0 Å². The van der Waals surface area contributed by atoms with E-state index in [4.69, 9.17) is 0 Å². The molecular weight excluding hydrogens is 184 g/mol. The monoisotopic (exact) mass is 212 g/mol. The zero-order valence-electron chi connectivity index (χ0n) is 11.2. The van der Waals surface area contributed by atoms with Crippen LogP contribution in [0.5, 0.6) is 0 Å². The Kier molecular flexibility index (Phi) is 5.07. The van der Waals surface area contributed by atoms with Gasteiger partial charge < -0.3 is 0 Å². The summed E-state index contributed by atoms with van der Waals surface area (Å²) in [7, 11) is 0. The van der Waals surface area contributed by atoms with Crippen LogP contribution in [0.25, 0.3) is 0 Å². The molecule has 1 aliphatic rings. The third kappa shape index (κ3) is 3.46. The molecule has 0 aromatic heterocycles. The molecule has 0 saturated carbocycles. The van der Waals surface area contributed by atoms with E-state index < -0.39 is 0 Å². The van der Waals surface area contributed by atoms with Gasteiger partial charge >= 0.3 is 0 Å². The van der Waals surface area contributed by atoms with Crippen molar-refractivity contribution in [2.24, 2.45) is 5.92 Å². The minimum Gasteiger partial charge on any atom is -0.299 e. The Bertz CT molecular complexity index is 177. The second-order valence-corrected chi connectivity index (χ2v) is 5.38. The van der Waals surface area contributed by atoms with Crippen LogP contribution in [0.2, 0.25) is 0 Å². The average molecular weight is 212 g/mol. The molecule has 0 spiro atoms. The molecule has 15 heavy (non-hydrogen) atoms. The van der Waals surface area contributed by atoms with Gasteiger partial charge in [-0.2, -0.15) is 0 Å². The average Bonchev–Trinajstić information content (AvgIpc) is 2.38. The standard InChI is InChI=1S/C13H28N2/c1-6-14-8-7-9-15(12(4)5)10-13(14)11(2)3/h11-13H,6-10H2,1-5H3/t13-/m1/s1. The topological polar surface area (TPSA) is 6.48 Å². The van der Waals surface area contributed by atoms with Crippen LogP contribution < -0.4 is 0 Å². The van der Waals surface area contributed by atoms with Crippen LogP contribution in [-0.4, -0.2) is 48.1 Å². The highest BCUT2D eigenvalue weighted by atomic mass is 15.2. The summed E-state index contributed by atoms with van der Waals surface area (Å²) in [5.74, 6) is 0.768. The molecule has 1 rings (SSSR count). The molecule has 1 aliphatic heterocycles. The van der Waals surface area contributed by atoms with Crippen LogP contribution in [0.3, 0.4) is 0 Å². The van der Waals surface area contributed by atoms with Crippen molar-refractivity contribution < 1.29 is 0 Å². The molecule has 90 valence electrons. The molecule has 0 N–H and O–H groups in total. The maximum Gasteiger partial charge on any atom is 0.0246 e. The summed E-state index contributed by atoms with van der Waals surface area (Å²) in [6.45, 7) is 16.7. The van der Waals surface area contributed by atoms with Gasteiger partial charge in [0.05, 0.1) is 0 Å². The largest absolute Gasteiger partial charge is 0.299 e. The molecule has 0 unspecified atom stereocenters. The SMILES string of the molecule is CCN1CCCN(C(C)C)C[C@@H]1C(C)C. The molecule has 1 fully saturated rings. The van der Waals surface area contributed by atoms with Gasteiger partial charge in [0.25, 0.3) is 0 Å². The number of nitrogens with zero attached hydrogens (tertiary/aromatic N) is 2. The summed E-state index contributed by atoms with van der Waals surface area (Å²) in [5, 5.41) is 0. The molecule has 0 amide bonds. The Labute approximate surface area is 95.6 Å². The van der Waals surface area contributed by atoms with E-state index in [1.165, 1.54) is 32.6 Å². The first kappa shape index (κ1) is 13.0. The van der Waals surface area contributed by atoms with Gasteiger partial charge in [-0.25, -0.2) is 0 Å². The fraction of sp³-hybridized carbons (Fsp3) is 1.00. The summed E-state index contributed by atoms with van der Waals surface area (Å²) in [5.41, 5.74) is 0. The third-order valence-corrected chi connectivity index (χ3v) is 3.69. The van der Waals surface area contributed by atoms with E-state index >= 15 is 0 Å². The summed E-state index contributed by atoms with van der Waals surface area (Å²) in [4.78, 5) is 5.30. The summed E-state index contributed by atoms with van der Waals surface area (Å²) >= 11 is 0. The van der Waals surface area contributed by atoms with Crippen molar-refractivity contribution in [1.82, 2.24) is 9.80 Å². The fourth-order valence-corrected chi connectivity index (χ4v) is 2.58. The van der Waals surface area contributed by atoms with E-state index in [1.807, 2.05) is 0 Å². The Hall–Kier alpha value is -0.0800. The Morgan fingerprint density at radius 2 is 1.80 bits per heavy atom. The van der Waals surface area contributed by atoms with Crippen LogP contribution in [0.15, 0.2) is 0 Å². The quantitative estimate of drug-likeness (QED) is 0.709. The van der Waals surface area contributed by atoms with Crippen LogP contribution in [0.1, 0.15) is 41.0 Å². The predicted octanol–water partition coefficient (Wildman–Crippen LogP) is 2.45. The number of rotatable bonds is 3. The Morgan fingerprint density at radius 1 is 1.13 bits per heavy atom. The van der Waals surface area contributed by atoms with E-state index in [-0.39, 0.29) is 0 Å². The highest BCUT2D eigenvalue weighted by molar-refractivity contribution is 4.82. The zero-order chi connectivity index (χ0) is 11.4. The van der Waals surface area contributed by atoms with Crippen LogP contribution >= 0.6 is 0 Å². The normalized spacial score (nSPS) is 26.2. The highest BCUT2D eigenvalue weighted by Crippen LogP contribution is 2.18. The van der Waals surface area contributed by atoms with E-state index in [9.17, 15) is 0 Å². The lowest BCUT2D eigenvalue weighted by molar-refractivity contribution is 0.132. The molecule has 0 aromatic rings. The molecule has 2 heteroatoms. The first-order valence-corrected chi connectivity index (χ1v) is 6.54. The van der Waals surface area contributed by atoms with Gasteiger partial charge in [0.2, 0.25) is 0 Å². The van der Waals surface area contributed by atoms with Crippen LogP contribution in [0, 0.1) is 5.92 Å².